The summed E-state index contributed by atoms with van der Waals surface area (Å²) in [6.07, 6.45) is -0.301. The molecule has 2 unspecified atom stereocenters. The Labute approximate surface area is 236 Å². The summed E-state index contributed by atoms with van der Waals surface area (Å²) in [7, 11) is 1.55. The maximum atomic E-state index is 14.2. The second kappa shape index (κ2) is 13.1. The van der Waals surface area contributed by atoms with Crippen molar-refractivity contribution in [2.75, 3.05) is 18.2 Å². The second-order valence-corrected chi connectivity index (χ2v) is 11.3. The van der Waals surface area contributed by atoms with Crippen LogP contribution in [0.15, 0.2) is 42.5 Å². The van der Waals surface area contributed by atoms with Gasteiger partial charge in [0.2, 0.25) is 5.91 Å². The molecular weight excluding hydrogens is 518 g/mol. The van der Waals surface area contributed by atoms with Crippen LogP contribution in [0.5, 0.6) is 11.5 Å². The first-order chi connectivity index (χ1) is 18.1. The summed E-state index contributed by atoms with van der Waals surface area (Å²) in [6.45, 7) is 12.4. The van der Waals surface area contributed by atoms with Gasteiger partial charge in [-0.15, -0.1) is 0 Å². The van der Waals surface area contributed by atoms with E-state index in [1.54, 1.807) is 77.3 Å². The van der Waals surface area contributed by atoms with E-state index < -0.39 is 41.1 Å². The minimum absolute atomic E-state index is 0.0407. The average Bonchev–Trinajstić information content (AvgIpc) is 2.86. The van der Waals surface area contributed by atoms with Crippen molar-refractivity contribution in [3.63, 3.8) is 0 Å². The molecule has 0 spiro atoms. The summed E-state index contributed by atoms with van der Waals surface area (Å²) in [5, 5.41) is 16.5. The number of anilines is 1. The molecular formula is C29H41N3O6S. The van der Waals surface area contributed by atoms with Crippen LogP contribution in [0.4, 0.5) is 10.5 Å². The van der Waals surface area contributed by atoms with Gasteiger partial charge in [-0.05, 0) is 77.8 Å². The fourth-order valence-corrected chi connectivity index (χ4v) is 4.18. The molecule has 10 heteroatoms. The Morgan fingerprint density at radius 2 is 1.67 bits per heavy atom. The zero-order valence-corrected chi connectivity index (χ0v) is 24.9. The van der Waals surface area contributed by atoms with Crippen LogP contribution in [0, 0.1) is 6.92 Å². The maximum Gasteiger partial charge on any atom is 0.408 e. The molecule has 0 fully saturated rings. The van der Waals surface area contributed by atoms with E-state index in [-0.39, 0.29) is 17.1 Å². The number of phenols is 1. The number of hydrogen-bond acceptors (Lipinski definition) is 7. The van der Waals surface area contributed by atoms with E-state index >= 15 is 0 Å². The monoisotopic (exact) mass is 559 g/mol. The maximum absolute atomic E-state index is 14.2. The topological polar surface area (TPSA) is 117 Å². The molecule has 0 heterocycles. The summed E-state index contributed by atoms with van der Waals surface area (Å²) in [4.78, 5) is 42.1. The van der Waals surface area contributed by atoms with Crippen LogP contribution in [0.2, 0.25) is 0 Å². The van der Waals surface area contributed by atoms with Crippen molar-refractivity contribution >= 4 is 36.2 Å². The first-order valence-electron chi connectivity index (χ1n) is 12.8. The molecule has 0 saturated carbocycles. The van der Waals surface area contributed by atoms with Crippen molar-refractivity contribution in [2.24, 2.45) is 0 Å². The standard InChI is InChI=1S/C29H41N3O6S/c1-9-29(6,7)32(26(35)22(17-39)31-27(36)38-28(3,4)5)23(21-12-10-11-18(2)24(21)33)25(34)30-19-13-15-20(37-8)16-14-19/h10-16,22-23,33,39H,9,17H2,1-8H3,(H,30,34)(H,31,36). The smallest absolute Gasteiger partial charge is 0.408 e. The van der Waals surface area contributed by atoms with Crippen molar-refractivity contribution in [1.82, 2.24) is 10.2 Å². The molecule has 9 nitrogen and oxygen atoms in total. The summed E-state index contributed by atoms with van der Waals surface area (Å²) >= 11 is 4.32. The number of rotatable bonds is 10. The van der Waals surface area contributed by atoms with Gasteiger partial charge >= 0.3 is 6.09 Å². The molecule has 0 saturated heterocycles. The first kappa shape index (κ1) is 31.8. The quantitative estimate of drug-likeness (QED) is 0.296. The van der Waals surface area contributed by atoms with Crippen molar-refractivity contribution in [2.45, 2.75) is 78.1 Å². The molecule has 2 aromatic carbocycles. The lowest BCUT2D eigenvalue weighted by Crippen LogP contribution is -2.59. The van der Waals surface area contributed by atoms with E-state index in [4.69, 9.17) is 9.47 Å². The molecule has 3 N–H and O–H groups in total. The number of phenolic OH excluding ortho intramolecular Hbond substituents is 1. The van der Waals surface area contributed by atoms with Crippen molar-refractivity contribution < 1.29 is 29.0 Å². The third-order valence-electron chi connectivity index (χ3n) is 6.35. The minimum Gasteiger partial charge on any atom is -0.507 e. The molecule has 0 aliphatic heterocycles. The Kier molecular flexibility index (Phi) is 10.7. The summed E-state index contributed by atoms with van der Waals surface area (Å²) in [5.74, 6) is -0.597. The van der Waals surface area contributed by atoms with Crippen LogP contribution in [0.3, 0.4) is 0 Å². The normalized spacial score (nSPS) is 13.2. The van der Waals surface area contributed by atoms with Gasteiger partial charge in [0, 0.05) is 22.5 Å². The third kappa shape index (κ3) is 8.29. The Morgan fingerprint density at radius 1 is 1.05 bits per heavy atom. The van der Waals surface area contributed by atoms with Gasteiger partial charge in [-0.25, -0.2) is 4.79 Å². The number of nitrogens with zero attached hydrogens (tertiary/aromatic N) is 1. The van der Waals surface area contributed by atoms with Gasteiger partial charge in [-0.2, -0.15) is 12.6 Å². The molecule has 2 atom stereocenters. The number of amides is 3. The highest BCUT2D eigenvalue weighted by Crippen LogP contribution is 2.38. The Hall–Kier alpha value is -3.40. The van der Waals surface area contributed by atoms with Gasteiger partial charge in [0.25, 0.3) is 5.91 Å². The van der Waals surface area contributed by atoms with E-state index in [0.29, 0.717) is 23.4 Å². The third-order valence-corrected chi connectivity index (χ3v) is 6.72. The molecule has 2 aromatic rings. The van der Waals surface area contributed by atoms with E-state index in [9.17, 15) is 19.5 Å². The second-order valence-electron chi connectivity index (χ2n) is 10.9. The Bertz CT molecular complexity index is 1160. The number of methoxy groups -OCH3 is 1. The van der Waals surface area contributed by atoms with Crippen molar-refractivity contribution in [3.8, 4) is 11.5 Å². The molecule has 0 aliphatic rings. The van der Waals surface area contributed by atoms with Crippen LogP contribution in [0.25, 0.3) is 0 Å². The van der Waals surface area contributed by atoms with Crippen molar-refractivity contribution in [3.05, 3.63) is 53.6 Å². The number of thiol groups is 1. The van der Waals surface area contributed by atoms with Gasteiger partial charge in [0.15, 0.2) is 0 Å². The SMILES string of the molecule is CCC(C)(C)N(C(=O)C(CS)NC(=O)OC(C)(C)C)C(C(=O)Nc1ccc(OC)cc1)c1cccc(C)c1O. The molecule has 39 heavy (non-hydrogen) atoms. The van der Waals surface area contributed by atoms with E-state index in [1.165, 1.54) is 4.90 Å². The lowest BCUT2D eigenvalue weighted by molar-refractivity contribution is -0.147. The summed E-state index contributed by atoms with van der Waals surface area (Å²) in [5.41, 5.74) is -0.353. The van der Waals surface area contributed by atoms with Gasteiger partial charge in [-0.3, -0.25) is 9.59 Å². The van der Waals surface area contributed by atoms with E-state index in [2.05, 4.69) is 23.3 Å². The van der Waals surface area contributed by atoms with Crippen LogP contribution < -0.4 is 15.4 Å². The predicted molar refractivity (Wildman–Crippen MR) is 155 cm³/mol. The van der Waals surface area contributed by atoms with E-state index in [0.717, 1.165) is 0 Å². The minimum atomic E-state index is -1.24. The van der Waals surface area contributed by atoms with Crippen LogP contribution >= 0.6 is 12.6 Å². The molecule has 0 aromatic heterocycles. The summed E-state index contributed by atoms with van der Waals surface area (Å²) in [6, 6.07) is 9.48. The number of carbonyl (C=O) groups is 3. The number of ether oxygens (including phenoxy) is 2. The Morgan fingerprint density at radius 3 is 2.18 bits per heavy atom. The number of benzene rings is 2. The van der Waals surface area contributed by atoms with Crippen LogP contribution in [-0.2, 0) is 14.3 Å². The number of aromatic hydroxyl groups is 1. The van der Waals surface area contributed by atoms with Gasteiger partial charge in [-0.1, -0.05) is 25.1 Å². The molecule has 214 valence electrons. The highest BCUT2D eigenvalue weighted by Gasteiger charge is 2.44. The van der Waals surface area contributed by atoms with Crippen LogP contribution in [-0.4, -0.2) is 58.0 Å². The largest absolute Gasteiger partial charge is 0.507 e. The number of hydrogen-bond donors (Lipinski definition) is 4. The van der Waals surface area contributed by atoms with Gasteiger partial charge in [0.05, 0.1) is 7.11 Å². The highest BCUT2D eigenvalue weighted by atomic mass is 32.1. The molecule has 0 radical (unpaired) electrons. The van der Waals surface area contributed by atoms with Gasteiger partial charge in [0.1, 0.15) is 29.2 Å². The first-order valence-corrected chi connectivity index (χ1v) is 13.4. The lowest BCUT2D eigenvalue weighted by atomic mass is 9.91. The lowest BCUT2D eigenvalue weighted by Gasteiger charge is -2.44. The van der Waals surface area contributed by atoms with E-state index in [1.807, 2.05) is 20.8 Å². The van der Waals surface area contributed by atoms with Gasteiger partial charge < -0.3 is 30.1 Å². The summed E-state index contributed by atoms with van der Waals surface area (Å²) < 4.78 is 10.6. The van der Waals surface area contributed by atoms with Crippen molar-refractivity contribution in [1.29, 1.82) is 0 Å². The fourth-order valence-electron chi connectivity index (χ4n) is 3.93. The van der Waals surface area contributed by atoms with Crippen LogP contribution in [0.1, 0.15) is 65.1 Å². The predicted octanol–water partition coefficient (Wildman–Crippen LogP) is 5.23. The zero-order chi connectivity index (χ0) is 29.5. The zero-order valence-electron chi connectivity index (χ0n) is 24.0. The molecule has 0 aliphatic carbocycles. The number of nitrogens with one attached hydrogen (secondary N) is 2. The number of aryl methyl sites for hydroxylation is 1. The molecule has 2 rings (SSSR count). The molecule has 3 amide bonds. The Balaban J connectivity index is 2.62. The number of alkyl carbamates (subject to hydrolysis) is 1. The fraction of sp³-hybridized carbons (Fsp3) is 0.483. The molecule has 0 bridgehead atoms. The average molecular weight is 560 g/mol. The number of para-hydroxylation sites is 1. The number of carbonyl (C=O) groups excluding carboxylic acids is 3. The highest BCUT2D eigenvalue weighted by molar-refractivity contribution is 7.80.